The van der Waals surface area contributed by atoms with Crippen LogP contribution in [0.15, 0.2) is 24.3 Å². The van der Waals surface area contributed by atoms with Crippen LogP contribution in [0.4, 0.5) is 13.2 Å². The molecular weight excluding hydrogens is 345 g/mol. The molecule has 0 spiro atoms. The largest absolute Gasteiger partial charge is 0.497 e. The fourth-order valence-corrected chi connectivity index (χ4v) is 3.61. The highest BCUT2D eigenvalue weighted by Gasteiger charge is 2.48. The first kappa shape index (κ1) is 20.6. The summed E-state index contributed by atoms with van der Waals surface area (Å²) in [6.45, 7) is 0.250. The van der Waals surface area contributed by atoms with Gasteiger partial charge in [0.15, 0.2) is 0 Å². The monoisotopic (exact) mass is 372 g/mol. The number of amides is 1. The Kier molecular flexibility index (Phi) is 6.92. The molecule has 0 saturated heterocycles. The second-order valence-corrected chi connectivity index (χ2v) is 7.04. The SMILES string of the molecule is COc1cccc(C(CNC(=O)C2CCCCC2C(F)(F)F)N(C)C)c1. The van der Waals surface area contributed by atoms with Crippen molar-refractivity contribution in [2.75, 3.05) is 27.7 Å². The number of likely N-dealkylation sites (N-methyl/N-ethyl adjacent to an activating group) is 1. The van der Waals surface area contributed by atoms with Gasteiger partial charge in [-0.2, -0.15) is 13.2 Å². The van der Waals surface area contributed by atoms with Crippen molar-refractivity contribution in [3.63, 3.8) is 0 Å². The van der Waals surface area contributed by atoms with Crippen LogP contribution < -0.4 is 10.1 Å². The molecule has 1 aliphatic rings. The van der Waals surface area contributed by atoms with Gasteiger partial charge in [-0.25, -0.2) is 0 Å². The Morgan fingerprint density at radius 2 is 2.00 bits per heavy atom. The van der Waals surface area contributed by atoms with Crippen LogP contribution in [-0.4, -0.2) is 44.7 Å². The minimum Gasteiger partial charge on any atom is -0.497 e. The Labute approximate surface area is 152 Å². The first-order valence-corrected chi connectivity index (χ1v) is 8.89. The van der Waals surface area contributed by atoms with Crippen molar-refractivity contribution in [3.8, 4) is 5.75 Å². The van der Waals surface area contributed by atoms with Gasteiger partial charge in [0.1, 0.15) is 5.75 Å². The molecular formula is C19H27F3N2O2. The highest BCUT2D eigenvalue weighted by atomic mass is 19.4. The third-order valence-corrected chi connectivity index (χ3v) is 5.09. The van der Waals surface area contributed by atoms with Crippen LogP contribution >= 0.6 is 0 Å². The Balaban J connectivity index is 2.07. The van der Waals surface area contributed by atoms with Gasteiger partial charge in [-0.3, -0.25) is 4.79 Å². The maximum Gasteiger partial charge on any atom is 0.392 e. The summed E-state index contributed by atoms with van der Waals surface area (Å²) in [5, 5.41) is 2.75. The second-order valence-electron chi connectivity index (χ2n) is 7.04. The first-order valence-electron chi connectivity index (χ1n) is 8.89. The van der Waals surface area contributed by atoms with E-state index in [4.69, 9.17) is 4.74 Å². The van der Waals surface area contributed by atoms with Crippen LogP contribution in [0.2, 0.25) is 0 Å². The number of carbonyl (C=O) groups is 1. The number of rotatable bonds is 6. The molecule has 1 fully saturated rings. The molecule has 1 aromatic carbocycles. The van der Waals surface area contributed by atoms with E-state index in [0.29, 0.717) is 25.0 Å². The van der Waals surface area contributed by atoms with Gasteiger partial charge in [0.05, 0.1) is 19.1 Å². The molecule has 3 unspecified atom stereocenters. The molecule has 3 atom stereocenters. The maximum absolute atomic E-state index is 13.2. The molecule has 0 aliphatic heterocycles. The van der Waals surface area contributed by atoms with Gasteiger partial charge in [0, 0.05) is 12.5 Å². The van der Waals surface area contributed by atoms with Crippen LogP contribution in [0, 0.1) is 11.8 Å². The van der Waals surface area contributed by atoms with Crippen LogP contribution in [0.3, 0.4) is 0 Å². The fraction of sp³-hybridized carbons (Fsp3) is 0.632. The molecule has 1 aromatic rings. The number of carbonyl (C=O) groups excluding carboxylic acids is 1. The smallest absolute Gasteiger partial charge is 0.392 e. The highest BCUT2D eigenvalue weighted by molar-refractivity contribution is 5.79. The number of hydrogen-bond acceptors (Lipinski definition) is 3. The lowest BCUT2D eigenvalue weighted by molar-refractivity contribution is -0.198. The number of methoxy groups -OCH3 is 1. The molecule has 7 heteroatoms. The van der Waals surface area contributed by atoms with Crippen molar-refractivity contribution < 1.29 is 22.7 Å². The van der Waals surface area contributed by atoms with Crippen LogP contribution in [0.5, 0.6) is 5.75 Å². The molecule has 1 saturated carbocycles. The number of nitrogens with one attached hydrogen (secondary N) is 1. The zero-order chi connectivity index (χ0) is 19.3. The maximum atomic E-state index is 13.2. The van der Waals surface area contributed by atoms with Gasteiger partial charge in [0.2, 0.25) is 5.91 Å². The fourth-order valence-electron chi connectivity index (χ4n) is 3.61. The van der Waals surface area contributed by atoms with E-state index in [1.54, 1.807) is 7.11 Å². The summed E-state index contributed by atoms with van der Waals surface area (Å²) < 4.78 is 44.9. The van der Waals surface area contributed by atoms with Crippen LogP contribution in [-0.2, 0) is 4.79 Å². The Hall–Kier alpha value is -1.76. The molecule has 1 amide bonds. The van der Waals surface area contributed by atoms with Gasteiger partial charge < -0.3 is 15.0 Å². The summed E-state index contributed by atoms with van der Waals surface area (Å²) in [6.07, 6.45) is -2.80. The predicted octanol–water partition coefficient (Wildman–Crippen LogP) is 3.78. The lowest BCUT2D eigenvalue weighted by atomic mass is 9.78. The minimum absolute atomic E-state index is 0.0363. The number of alkyl halides is 3. The molecule has 146 valence electrons. The van der Waals surface area contributed by atoms with Crippen molar-refractivity contribution in [2.45, 2.75) is 37.9 Å². The summed E-state index contributed by atoms with van der Waals surface area (Å²) in [6, 6.07) is 7.31. The average molecular weight is 372 g/mol. The zero-order valence-electron chi connectivity index (χ0n) is 15.5. The number of nitrogens with zero attached hydrogens (tertiary/aromatic N) is 1. The standard InChI is InChI=1S/C19H27F3N2O2/c1-24(2)17(13-7-6-8-14(11-13)26-3)12-23-18(25)15-9-4-5-10-16(15)19(20,21)22/h6-8,11,15-17H,4-5,9-10,12H2,1-3H3,(H,23,25). The van der Waals surface area contributed by atoms with E-state index in [0.717, 1.165) is 5.56 Å². The van der Waals surface area contributed by atoms with E-state index in [1.807, 2.05) is 43.3 Å². The van der Waals surface area contributed by atoms with Crippen molar-refractivity contribution in [3.05, 3.63) is 29.8 Å². The quantitative estimate of drug-likeness (QED) is 0.826. The lowest BCUT2D eigenvalue weighted by Crippen LogP contribution is -2.44. The lowest BCUT2D eigenvalue weighted by Gasteiger charge is -2.33. The first-order chi connectivity index (χ1) is 12.2. The van der Waals surface area contributed by atoms with Gasteiger partial charge >= 0.3 is 6.18 Å². The summed E-state index contributed by atoms with van der Waals surface area (Å²) in [4.78, 5) is 14.4. The van der Waals surface area contributed by atoms with Crippen LogP contribution in [0.25, 0.3) is 0 Å². The van der Waals surface area contributed by atoms with E-state index in [9.17, 15) is 18.0 Å². The molecule has 1 N–H and O–H groups in total. The summed E-state index contributed by atoms with van der Waals surface area (Å²) in [5.41, 5.74) is 0.936. The van der Waals surface area contributed by atoms with Crippen molar-refractivity contribution in [1.29, 1.82) is 0 Å². The Bertz CT molecular complexity index is 605. The number of hydrogen-bond donors (Lipinski definition) is 1. The predicted molar refractivity (Wildman–Crippen MR) is 93.9 cm³/mol. The van der Waals surface area contributed by atoms with E-state index in [1.165, 1.54) is 0 Å². The molecule has 26 heavy (non-hydrogen) atoms. The topological polar surface area (TPSA) is 41.6 Å². The van der Waals surface area contributed by atoms with Gasteiger partial charge in [0.25, 0.3) is 0 Å². The molecule has 2 rings (SSSR count). The van der Waals surface area contributed by atoms with Crippen molar-refractivity contribution >= 4 is 5.91 Å². The molecule has 1 aliphatic carbocycles. The summed E-state index contributed by atoms with van der Waals surface area (Å²) in [5.74, 6) is -2.32. The van der Waals surface area contributed by atoms with Crippen molar-refractivity contribution in [1.82, 2.24) is 10.2 Å². The summed E-state index contributed by atoms with van der Waals surface area (Å²) in [7, 11) is 5.32. The Morgan fingerprint density at radius 1 is 1.31 bits per heavy atom. The number of benzene rings is 1. The number of halogens is 3. The molecule has 0 radical (unpaired) electrons. The van der Waals surface area contributed by atoms with Crippen LogP contribution in [0.1, 0.15) is 37.3 Å². The van der Waals surface area contributed by atoms with Gasteiger partial charge in [-0.1, -0.05) is 25.0 Å². The molecule has 0 bridgehead atoms. The number of ether oxygens (including phenoxy) is 1. The summed E-state index contributed by atoms with van der Waals surface area (Å²) >= 11 is 0. The third kappa shape index (κ3) is 5.13. The normalized spacial score (nSPS) is 22.1. The van der Waals surface area contributed by atoms with E-state index < -0.39 is 23.9 Å². The van der Waals surface area contributed by atoms with Gasteiger partial charge in [-0.05, 0) is 44.6 Å². The second kappa shape index (κ2) is 8.75. The minimum atomic E-state index is -4.32. The molecule has 4 nitrogen and oxygen atoms in total. The van der Waals surface area contributed by atoms with Crippen molar-refractivity contribution in [2.24, 2.45) is 11.8 Å². The van der Waals surface area contributed by atoms with E-state index in [2.05, 4.69) is 5.32 Å². The Morgan fingerprint density at radius 3 is 2.62 bits per heavy atom. The van der Waals surface area contributed by atoms with E-state index >= 15 is 0 Å². The zero-order valence-corrected chi connectivity index (χ0v) is 15.5. The van der Waals surface area contributed by atoms with E-state index in [-0.39, 0.29) is 19.0 Å². The molecule has 0 aromatic heterocycles. The van der Waals surface area contributed by atoms with Gasteiger partial charge in [-0.15, -0.1) is 0 Å². The average Bonchev–Trinajstić information content (AvgIpc) is 2.61. The highest BCUT2D eigenvalue weighted by Crippen LogP contribution is 2.41. The third-order valence-electron chi connectivity index (χ3n) is 5.09. The molecule has 0 heterocycles.